The molecule has 2 aromatic carbocycles. The summed E-state index contributed by atoms with van der Waals surface area (Å²) < 4.78 is 6.60. The largest absolute Gasteiger partial charge is 0.419 e. The number of halogens is 1. The lowest BCUT2D eigenvalue weighted by Gasteiger charge is -2.10. The first-order chi connectivity index (χ1) is 11.5. The highest BCUT2D eigenvalue weighted by Crippen LogP contribution is 2.20. The van der Waals surface area contributed by atoms with Crippen LogP contribution in [0.4, 0.5) is 5.69 Å². The maximum atomic E-state index is 12.2. The number of nitrogens with one attached hydrogen (secondary N) is 1. The van der Waals surface area contributed by atoms with Gasteiger partial charge in [0.15, 0.2) is 5.58 Å². The molecule has 6 heteroatoms. The Morgan fingerprint density at radius 3 is 2.83 bits per heavy atom. The Kier molecular flexibility index (Phi) is 4.44. The highest BCUT2D eigenvalue weighted by molar-refractivity contribution is 6.31. The summed E-state index contributed by atoms with van der Waals surface area (Å²) in [6.45, 7) is 4.19. The number of fused-ring (bicyclic) bond motifs is 1. The van der Waals surface area contributed by atoms with Crippen molar-refractivity contribution in [2.75, 3.05) is 5.32 Å². The summed E-state index contributed by atoms with van der Waals surface area (Å²) in [5.74, 6) is -0.647. The van der Waals surface area contributed by atoms with E-state index in [1.807, 2.05) is 32.0 Å². The van der Waals surface area contributed by atoms with Gasteiger partial charge in [-0.3, -0.25) is 9.36 Å². The van der Waals surface area contributed by atoms with Crippen molar-refractivity contribution in [1.82, 2.24) is 4.57 Å². The summed E-state index contributed by atoms with van der Waals surface area (Å²) in [4.78, 5) is 24.1. The van der Waals surface area contributed by atoms with Crippen LogP contribution in [0, 0.1) is 13.8 Å². The molecule has 0 bridgehead atoms. The minimum Gasteiger partial charge on any atom is -0.408 e. The number of carbonyl (C=O) groups excluding carboxylic acids is 1. The zero-order valence-electron chi connectivity index (χ0n) is 13.4. The van der Waals surface area contributed by atoms with E-state index in [0.717, 1.165) is 16.8 Å². The van der Waals surface area contributed by atoms with Gasteiger partial charge in [-0.25, -0.2) is 4.79 Å². The second-order valence-corrected chi connectivity index (χ2v) is 6.11. The van der Waals surface area contributed by atoms with Crippen LogP contribution in [-0.2, 0) is 11.3 Å². The molecule has 0 aliphatic rings. The molecule has 5 nitrogen and oxygen atoms in total. The van der Waals surface area contributed by atoms with Crippen molar-refractivity contribution in [3.63, 3.8) is 0 Å². The molecule has 0 fully saturated rings. The minimum absolute atomic E-state index is 0.154. The normalized spacial score (nSPS) is 11.0. The number of hydrogen-bond acceptors (Lipinski definition) is 3. The van der Waals surface area contributed by atoms with Crippen molar-refractivity contribution in [2.24, 2.45) is 0 Å². The predicted molar refractivity (Wildman–Crippen MR) is 94.6 cm³/mol. The SMILES string of the molecule is Cc1cccc(NC(=O)CCn2c(=O)oc3cc(Cl)ccc32)c1C. The van der Waals surface area contributed by atoms with E-state index in [4.69, 9.17) is 16.0 Å². The molecule has 1 heterocycles. The lowest BCUT2D eigenvalue weighted by Crippen LogP contribution is -2.20. The number of aromatic nitrogens is 1. The summed E-state index contributed by atoms with van der Waals surface area (Å²) in [6.07, 6.45) is 0.171. The molecule has 0 aliphatic carbocycles. The number of nitrogens with zero attached hydrogens (tertiary/aromatic N) is 1. The van der Waals surface area contributed by atoms with E-state index in [0.29, 0.717) is 16.1 Å². The lowest BCUT2D eigenvalue weighted by molar-refractivity contribution is -0.116. The molecular formula is C18H17ClN2O3. The fourth-order valence-electron chi connectivity index (χ4n) is 2.56. The van der Waals surface area contributed by atoms with Gasteiger partial charge in [0.1, 0.15) is 0 Å². The van der Waals surface area contributed by atoms with Gasteiger partial charge < -0.3 is 9.73 Å². The van der Waals surface area contributed by atoms with E-state index >= 15 is 0 Å². The zero-order valence-corrected chi connectivity index (χ0v) is 14.2. The van der Waals surface area contributed by atoms with Crippen molar-refractivity contribution >= 4 is 34.3 Å². The van der Waals surface area contributed by atoms with Crippen molar-refractivity contribution < 1.29 is 9.21 Å². The number of anilines is 1. The first-order valence-electron chi connectivity index (χ1n) is 7.60. The van der Waals surface area contributed by atoms with Crippen LogP contribution in [0.25, 0.3) is 11.1 Å². The molecule has 3 aromatic rings. The molecule has 0 saturated heterocycles. The molecule has 1 amide bonds. The number of carbonyl (C=O) groups is 1. The quantitative estimate of drug-likeness (QED) is 0.780. The third-order valence-electron chi connectivity index (χ3n) is 4.07. The van der Waals surface area contributed by atoms with Crippen LogP contribution in [0.15, 0.2) is 45.6 Å². The maximum Gasteiger partial charge on any atom is 0.419 e. The van der Waals surface area contributed by atoms with Gasteiger partial charge in [0, 0.05) is 29.7 Å². The van der Waals surface area contributed by atoms with E-state index in [1.54, 1.807) is 18.2 Å². The van der Waals surface area contributed by atoms with Gasteiger partial charge in [-0.05, 0) is 43.2 Å². The smallest absolute Gasteiger partial charge is 0.408 e. The van der Waals surface area contributed by atoms with Gasteiger partial charge in [0.05, 0.1) is 5.52 Å². The monoisotopic (exact) mass is 344 g/mol. The Morgan fingerprint density at radius 2 is 2.04 bits per heavy atom. The Labute approximate surface area is 143 Å². The molecule has 24 heavy (non-hydrogen) atoms. The van der Waals surface area contributed by atoms with Crippen molar-refractivity contribution in [1.29, 1.82) is 0 Å². The molecular weight excluding hydrogens is 328 g/mol. The average molecular weight is 345 g/mol. The Bertz CT molecular complexity index is 972. The van der Waals surface area contributed by atoms with Crippen LogP contribution in [0.5, 0.6) is 0 Å². The van der Waals surface area contributed by atoms with E-state index in [2.05, 4.69) is 5.32 Å². The maximum absolute atomic E-state index is 12.2. The van der Waals surface area contributed by atoms with Gasteiger partial charge in [-0.2, -0.15) is 0 Å². The number of rotatable bonds is 4. The first kappa shape index (κ1) is 16.3. The summed E-state index contributed by atoms with van der Waals surface area (Å²) in [5, 5.41) is 3.38. The van der Waals surface area contributed by atoms with Crippen molar-refractivity contribution in [3.8, 4) is 0 Å². The second kappa shape index (κ2) is 6.53. The van der Waals surface area contributed by atoms with Gasteiger partial charge in [-0.15, -0.1) is 0 Å². The second-order valence-electron chi connectivity index (χ2n) is 5.68. The Hall–Kier alpha value is -2.53. The number of hydrogen-bond donors (Lipinski definition) is 1. The van der Waals surface area contributed by atoms with Crippen LogP contribution in [-0.4, -0.2) is 10.5 Å². The minimum atomic E-state index is -0.494. The molecule has 124 valence electrons. The predicted octanol–water partition coefficient (Wildman–Crippen LogP) is 3.89. The summed E-state index contributed by atoms with van der Waals surface area (Å²) in [7, 11) is 0. The van der Waals surface area contributed by atoms with E-state index in [-0.39, 0.29) is 18.9 Å². The Morgan fingerprint density at radius 1 is 1.25 bits per heavy atom. The summed E-state index contributed by atoms with van der Waals surface area (Å²) >= 11 is 5.89. The molecule has 0 unspecified atom stereocenters. The average Bonchev–Trinajstić information content (AvgIpc) is 2.84. The zero-order chi connectivity index (χ0) is 17.3. The molecule has 0 spiro atoms. The van der Waals surface area contributed by atoms with Crippen LogP contribution in [0.2, 0.25) is 5.02 Å². The number of aryl methyl sites for hydroxylation is 2. The third kappa shape index (κ3) is 3.21. The van der Waals surface area contributed by atoms with Crippen LogP contribution < -0.4 is 11.1 Å². The van der Waals surface area contributed by atoms with Gasteiger partial charge in [0.25, 0.3) is 0 Å². The van der Waals surface area contributed by atoms with Crippen LogP contribution >= 0.6 is 11.6 Å². The lowest BCUT2D eigenvalue weighted by atomic mass is 10.1. The van der Waals surface area contributed by atoms with Crippen molar-refractivity contribution in [3.05, 3.63) is 63.1 Å². The number of benzene rings is 2. The fourth-order valence-corrected chi connectivity index (χ4v) is 2.73. The van der Waals surface area contributed by atoms with E-state index < -0.39 is 5.76 Å². The van der Waals surface area contributed by atoms with Gasteiger partial charge >= 0.3 is 5.76 Å². The molecule has 1 N–H and O–H groups in total. The molecule has 0 radical (unpaired) electrons. The van der Waals surface area contributed by atoms with E-state index in [1.165, 1.54) is 4.57 Å². The number of oxazole rings is 1. The standard InChI is InChI=1S/C18H17ClN2O3/c1-11-4-3-5-14(12(11)2)20-17(22)8-9-21-15-7-6-13(19)10-16(15)24-18(21)23/h3-7,10H,8-9H2,1-2H3,(H,20,22). The Balaban J connectivity index is 1.74. The van der Waals surface area contributed by atoms with E-state index in [9.17, 15) is 9.59 Å². The van der Waals surface area contributed by atoms with Gasteiger partial charge in [0.2, 0.25) is 5.91 Å². The molecule has 3 rings (SSSR count). The van der Waals surface area contributed by atoms with Crippen molar-refractivity contribution in [2.45, 2.75) is 26.8 Å². The third-order valence-corrected chi connectivity index (χ3v) is 4.31. The summed E-state index contributed by atoms with van der Waals surface area (Å²) in [6, 6.07) is 10.7. The molecule has 1 aromatic heterocycles. The topological polar surface area (TPSA) is 64.2 Å². The molecule has 0 saturated carbocycles. The highest BCUT2D eigenvalue weighted by Gasteiger charge is 2.12. The fraction of sp³-hybridized carbons (Fsp3) is 0.222. The summed E-state index contributed by atoms with van der Waals surface area (Å²) in [5.41, 5.74) is 3.98. The molecule has 0 atom stereocenters. The molecule has 0 aliphatic heterocycles. The number of amides is 1. The highest BCUT2D eigenvalue weighted by atomic mass is 35.5. The van der Waals surface area contributed by atoms with Crippen LogP contribution in [0.3, 0.4) is 0 Å². The van der Waals surface area contributed by atoms with Gasteiger partial charge in [-0.1, -0.05) is 23.7 Å². The first-order valence-corrected chi connectivity index (χ1v) is 7.98. The van der Waals surface area contributed by atoms with Crippen LogP contribution in [0.1, 0.15) is 17.5 Å².